The number of hydrogen-bond acceptors (Lipinski definition) is 3. The van der Waals surface area contributed by atoms with E-state index in [1.165, 1.54) is 19.3 Å². The molecular formula is C15H26N2O. The molecule has 2 N–H and O–H groups in total. The van der Waals surface area contributed by atoms with Crippen molar-refractivity contribution in [2.45, 2.75) is 52.1 Å². The van der Waals surface area contributed by atoms with Crippen LogP contribution in [0.2, 0.25) is 0 Å². The van der Waals surface area contributed by atoms with Gasteiger partial charge in [0.1, 0.15) is 11.5 Å². The monoisotopic (exact) mass is 250 g/mol. The molecule has 0 spiro atoms. The fraction of sp³-hybridized carbons (Fsp3) is 0.733. The zero-order valence-corrected chi connectivity index (χ0v) is 11.9. The molecule has 0 bridgehead atoms. The SMILES string of the molecule is CCN(CC1CCC1)C(c1ccc(C)o1)C(C)N. The van der Waals surface area contributed by atoms with Crippen molar-refractivity contribution in [3.63, 3.8) is 0 Å². The van der Waals surface area contributed by atoms with Crippen molar-refractivity contribution in [1.29, 1.82) is 0 Å². The first-order valence-corrected chi connectivity index (χ1v) is 7.17. The Labute approximate surface area is 110 Å². The maximum absolute atomic E-state index is 6.19. The quantitative estimate of drug-likeness (QED) is 0.843. The molecule has 1 fully saturated rings. The lowest BCUT2D eigenvalue weighted by molar-refractivity contribution is 0.111. The number of likely N-dealkylation sites (N-methyl/N-ethyl adjacent to an activating group) is 1. The predicted octanol–water partition coefficient (Wildman–Crippen LogP) is 3.10. The Hall–Kier alpha value is -0.800. The van der Waals surface area contributed by atoms with Gasteiger partial charge in [-0.3, -0.25) is 4.90 Å². The Morgan fingerprint density at radius 3 is 2.56 bits per heavy atom. The fourth-order valence-electron chi connectivity index (χ4n) is 2.83. The lowest BCUT2D eigenvalue weighted by Gasteiger charge is -2.37. The smallest absolute Gasteiger partial charge is 0.122 e. The second-order valence-corrected chi connectivity index (χ2v) is 5.64. The minimum Gasteiger partial charge on any atom is -0.465 e. The maximum Gasteiger partial charge on any atom is 0.122 e. The zero-order chi connectivity index (χ0) is 13.1. The molecule has 2 rings (SSSR count). The third-order valence-corrected chi connectivity index (χ3v) is 4.07. The van der Waals surface area contributed by atoms with Crippen LogP contribution in [0.25, 0.3) is 0 Å². The largest absolute Gasteiger partial charge is 0.465 e. The van der Waals surface area contributed by atoms with Gasteiger partial charge in [-0.25, -0.2) is 0 Å². The first-order chi connectivity index (χ1) is 8.61. The highest BCUT2D eigenvalue weighted by atomic mass is 16.3. The topological polar surface area (TPSA) is 42.4 Å². The normalized spacial score (nSPS) is 19.8. The molecule has 1 aliphatic carbocycles. The summed E-state index contributed by atoms with van der Waals surface area (Å²) in [6.07, 6.45) is 4.14. The lowest BCUT2D eigenvalue weighted by Crippen LogP contribution is -2.42. The van der Waals surface area contributed by atoms with E-state index in [4.69, 9.17) is 10.2 Å². The van der Waals surface area contributed by atoms with Crippen LogP contribution >= 0.6 is 0 Å². The van der Waals surface area contributed by atoms with Crippen LogP contribution in [0.5, 0.6) is 0 Å². The number of nitrogens with two attached hydrogens (primary N) is 1. The van der Waals surface area contributed by atoms with E-state index < -0.39 is 0 Å². The van der Waals surface area contributed by atoms with Gasteiger partial charge in [-0.2, -0.15) is 0 Å². The van der Waals surface area contributed by atoms with Crippen molar-refractivity contribution in [2.75, 3.05) is 13.1 Å². The highest BCUT2D eigenvalue weighted by Gasteiger charge is 2.29. The molecule has 1 saturated carbocycles. The van der Waals surface area contributed by atoms with Gasteiger partial charge < -0.3 is 10.2 Å². The molecule has 0 aliphatic heterocycles. The standard InChI is InChI=1S/C15H26N2O/c1-4-17(10-13-6-5-7-13)15(12(3)16)14-9-8-11(2)18-14/h8-9,12-13,15H,4-7,10,16H2,1-3H3. The van der Waals surface area contributed by atoms with Crippen LogP contribution in [0.15, 0.2) is 16.5 Å². The van der Waals surface area contributed by atoms with Crippen LogP contribution in [0.4, 0.5) is 0 Å². The minimum absolute atomic E-state index is 0.0931. The fourth-order valence-corrected chi connectivity index (χ4v) is 2.83. The van der Waals surface area contributed by atoms with Crippen LogP contribution in [0.1, 0.15) is 50.7 Å². The van der Waals surface area contributed by atoms with Gasteiger partial charge in [0.15, 0.2) is 0 Å². The van der Waals surface area contributed by atoms with Crippen molar-refractivity contribution >= 4 is 0 Å². The van der Waals surface area contributed by atoms with Gasteiger partial charge in [0.05, 0.1) is 6.04 Å². The molecule has 0 radical (unpaired) electrons. The van der Waals surface area contributed by atoms with Crippen LogP contribution in [0.3, 0.4) is 0 Å². The predicted molar refractivity (Wildman–Crippen MR) is 74.4 cm³/mol. The summed E-state index contributed by atoms with van der Waals surface area (Å²) < 4.78 is 5.80. The van der Waals surface area contributed by atoms with Gasteiger partial charge in [0, 0.05) is 12.6 Å². The van der Waals surface area contributed by atoms with Crippen LogP contribution in [0, 0.1) is 12.8 Å². The molecule has 3 heteroatoms. The summed E-state index contributed by atoms with van der Waals surface area (Å²) in [7, 11) is 0. The third kappa shape index (κ3) is 2.96. The summed E-state index contributed by atoms with van der Waals surface area (Å²) >= 11 is 0. The van der Waals surface area contributed by atoms with Crippen LogP contribution in [-0.2, 0) is 0 Å². The first kappa shape index (κ1) is 13.6. The number of furan rings is 1. The average Bonchev–Trinajstić information content (AvgIpc) is 2.67. The summed E-state index contributed by atoms with van der Waals surface area (Å²) in [5, 5.41) is 0. The van der Waals surface area contributed by atoms with Crippen molar-refractivity contribution in [1.82, 2.24) is 4.90 Å². The van der Waals surface area contributed by atoms with Crippen molar-refractivity contribution in [2.24, 2.45) is 11.7 Å². The van der Waals surface area contributed by atoms with Crippen molar-refractivity contribution < 1.29 is 4.42 Å². The van der Waals surface area contributed by atoms with Gasteiger partial charge in [0.2, 0.25) is 0 Å². The molecule has 0 amide bonds. The van der Waals surface area contributed by atoms with E-state index in [0.717, 1.165) is 30.5 Å². The Balaban J connectivity index is 2.11. The molecule has 18 heavy (non-hydrogen) atoms. The molecule has 1 aliphatic rings. The van der Waals surface area contributed by atoms with E-state index in [9.17, 15) is 0 Å². The lowest BCUT2D eigenvalue weighted by atomic mass is 9.84. The van der Waals surface area contributed by atoms with E-state index >= 15 is 0 Å². The molecule has 0 aromatic carbocycles. The van der Waals surface area contributed by atoms with Gasteiger partial charge in [-0.05, 0) is 51.3 Å². The van der Waals surface area contributed by atoms with Gasteiger partial charge in [-0.15, -0.1) is 0 Å². The molecule has 2 atom stereocenters. The molecule has 102 valence electrons. The Morgan fingerprint density at radius 2 is 2.17 bits per heavy atom. The zero-order valence-electron chi connectivity index (χ0n) is 11.9. The van der Waals surface area contributed by atoms with E-state index in [-0.39, 0.29) is 12.1 Å². The van der Waals surface area contributed by atoms with Gasteiger partial charge in [0.25, 0.3) is 0 Å². The Bertz CT molecular complexity index is 368. The number of aryl methyl sites for hydroxylation is 1. The molecule has 1 heterocycles. The molecular weight excluding hydrogens is 224 g/mol. The second-order valence-electron chi connectivity index (χ2n) is 5.64. The van der Waals surface area contributed by atoms with E-state index in [2.05, 4.69) is 24.8 Å². The maximum atomic E-state index is 6.19. The molecule has 3 nitrogen and oxygen atoms in total. The summed E-state index contributed by atoms with van der Waals surface area (Å²) in [5.41, 5.74) is 6.19. The Kier molecular flexibility index (Phi) is 4.46. The summed E-state index contributed by atoms with van der Waals surface area (Å²) in [5.74, 6) is 2.85. The van der Waals surface area contributed by atoms with Crippen LogP contribution in [-0.4, -0.2) is 24.0 Å². The number of hydrogen-bond donors (Lipinski definition) is 1. The average molecular weight is 250 g/mol. The molecule has 2 unspecified atom stereocenters. The molecule has 1 aromatic heterocycles. The van der Waals surface area contributed by atoms with E-state index in [1.807, 2.05) is 13.0 Å². The summed E-state index contributed by atoms with van der Waals surface area (Å²) in [4.78, 5) is 2.48. The summed E-state index contributed by atoms with van der Waals surface area (Å²) in [6, 6.07) is 4.41. The van der Waals surface area contributed by atoms with Crippen molar-refractivity contribution in [3.8, 4) is 0 Å². The third-order valence-electron chi connectivity index (χ3n) is 4.07. The second kappa shape index (κ2) is 5.89. The van der Waals surface area contributed by atoms with Gasteiger partial charge >= 0.3 is 0 Å². The van der Waals surface area contributed by atoms with Crippen molar-refractivity contribution in [3.05, 3.63) is 23.7 Å². The number of nitrogens with zero attached hydrogens (tertiary/aromatic N) is 1. The van der Waals surface area contributed by atoms with Crippen LogP contribution < -0.4 is 5.73 Å². The van der Waals surface area contributed by atoms with E-state index in [0.29, 0.717) is 0 Å². The first-order valence-electron chi connectivity index (χ1n) is 7.17. The molecule has 1 aromatic rings. The van der Waals surface area contributed by atoms with Gasteiger partial charge in [-0.1, -0.05) is 13.3 Å². The highest BCUT2D eigenvalue weighted by Crippen LogP contribution is 2.32. The minimum atomic E-state index is 0.0931. The molecule has 0 saturated heterocycles. The number of rotatable bonds is 6. The van der Waals surface area contributed by atoms with E-state index in [1.54, 1.807) is 0 Å². The highest BCUT2D eigenvalue weighted by molar-refractivity contribution is 5.12. The Morgan fingerprint density at radius 1 is 1.44 bits per heavy atom. The summed E-state index contributed by atoms with van der Waals surface area (Å²) in [6.45, 7) is 8.46.